The normalized spacial score (nSPS) is 16.2. The highest BCUT2D eigenvalue weighted by Crippen LogP contribution is 2.30. The number of likely N-dealkylation sites (tertiary alicyclic amines) is 1. The molecule has 0 aliphatic carbocycles. The third-order valence-electron chi connectivity index (χ3n) is 4.37. The summed E-state index contributed by atoms with van der Waals surface area (Å²) in [6.07, 6.45) is 2.00. The molecule has 3 rings (SSSR count). The van der Waals surface area contributed by atoms with Crippen molar-refractivity contribution in [2.45, 2.75) is 25.5 Å². The number of aliphatic hydroxyl groups excluding tert-OH is 1. The first-order valence-electron chi connectivity index (χ1n) is 8.57. The predicted molar refractivity (Wildman–Crippen MR) is 94.2 cm³/mol. The van der Waals surface area contributed by atoms with E-state index >= 15 is 0 Å². The van der Waals surface area contributed by atoms with Crippen molar-refractivity contribution >= 4 is 5.69 Å². The second kappa shape index (κ2) is 8.24. The van der Waals surface area contributed by atoms with Crippen LogP contribution in [0.1, 0.15) is 18.6 Å². The number of β-amino-alcohol motifs (C(OH)–C–C–N with tert-alkyl or cyclic N) is 1. The molecule has 0 amide bonds. The van der Waals surface area contributed by atoms with Crippen LogP contribution in [-0.4, -0.2) is 47.2 Å². The second-order valence-corrected chi connectivity index (χ2v) is 6.33. The molecule has 1 aliphatic heterocycles. The molecule has 0 saturated carbocycles. The zero-order valence-corrected chi connectivity index (χ0v) is 14.1. The highest BCUT2D eigenvalue weighted by atomic mass is 16.6. The number of aliphatic hydroxyl groups is 1. The molecule has 2 aromatic rings. The Morgan fingerprint density at radius 2 is 2.00 bits per heavy atom. The van der Waals surface area contributed by atoms with Gasteiger partial charge in [0.25, 0.3) is 5.69 Å². The van der Waals surface area contributed by atoms with Crippen LogP contribution in [0.3, 0.4) is 0 Å². The van der Waals surface area contributed by atoms with Crippen LogP contribution in [0.15, 0.2) is 40.8 Å². The van der Waals surface area contributed by atoms with Crippen LogP contribution >= 0.6 is 0 Å². The summed E-state index contributed by atoms with van der Waals surface area (Å²) in [6, 6.07) is 10.1. The molecular formula is C18H23N3O4. The summed E-state index contributed by atoms with van der Waals surface area (Å²) in [5.74, 6) is 1.16. The lowest BCUT2D eigenvalue weighted by Crippen LogP contribution is -2.36. The summed E-state index contributed by atoms with van der Waals surface area (Å²) in [4.78, 5) is 13.0. The van der Waals surface area contributed by atoms with Crippen molar-refractivity contribution in [2.24, 2.45) is 0 Å². The van der Waals surface area contributed by atoms with Crippen molar-refractivity contribution in [2.75, 3.05) is 26.2 Å². The standard InChI is InChI=1S/C18H23N3O4/c22-14(13-20-9-3-4-10-20)11-19-12-15-7-8-18(25-15)16-5-1-2-6-17(16)21(23)24/h1-2,5-8,14,19,22H,3-4,9-13H2. The Kier molecular flexibility index (Phi) is 5.80. The van der Waals surface area contributed by atoms with Crippen LogP contribution in [0.2, 0.25) is 0 Å². The molecule has 1 fully saturated rings. The van der Waals surface area contributed by atoms with Gasteiger partial charge in [0.1, 0.15) is 11.5 Å². The summed E-state index contributed by atoms with van der Waals surface area (Å²) in [5.41, 5.74) is 0.491. The number of furan rings is 1. The fraction of sp³-hybridized carbons (Fsp3) is 0.444. The van der Waals surface area contributed by atoms with Crippen molar-refractivity contribution < 1.29 is 14.4 Å². The summed E-state index contributed by atoms with van der Waals surface area (Å²) < 4.78 is 5.72. The van der Waals surface area contributed by atoms with Gasteiger partial charge in [-0.1, -0.05) is 12.1 Å². The summed E-state index contributed by atoms with van der Waals surface area (Å²) in [7, 11) is 0. The van der Waals surface area contributed by atoms with Gasteiger partial charge in [-0.25, -0.2) is 0 Å². The van der Waals surface area contributed by atoms with Crippen LogP contribution in [0.5, 0.6) is 0 Å². The van der Waals surface area contributed by atoms with E-state index < -0.39 is 11.0 Å². The molecular weight excluding hydrogens is 322 g/mol. The number of benzene rings is 1. The van der Waals surface area contributed by atoms with E-state index in [9.17, 15) is 15.2 Å². The molecule has 0 spiro atoms. The van der Waals surface area contributed by atoms with Gasteiger partial charge in [-0.05, 0) is 44.1 Å². The van der Waals surface area contributed by atoms with Crippen molar-refractivity contribution in [1.29, 1.82) is 0 Å². The number of nitro groups is 1. The molecule has 0 bridgehead atoms. The zero-order chi connectivity index (χ0) is 17.6. The largest absolute Gasteiger partial charge is 0.459 e. The number of nitrogens with zero attached hydrogens (tertiary/aromatic N) is 2. The number of para-hydroxylation sites is 1. The first kappa shape index (κ1) is 17.6. The van der Waals surface area contributed by atoms with Crippen molar-refractivity contribution in [1.82, 2.24) is 10.2 Å². The van der Waals surface area contributed by atoms with Gasteiger partial charge in [0.05, 0.1) is 23.1 Å². The minimum atomic E-state index is -0.414. The highest BCUT2D eigenvalue weighted by Gasteiger charge is 2.18. The monoisotopic (exact) mass is 345 g/mol. The van der Waals surface area contributed by atoms with Gasteiger partial charge in [0, 0.05) is 19.2 Å². The number of nitrogens with one attached hydrogen (secondary N) is 1. The minimum absolute atomic E-state index is 0.0254. The Bertz CT molecular complexity index is 710. The van der Waals surface area contributed by atoms with E-state index in [2.05, 4.69) is 10.2 Å². The van der Waals surface area contributed by atoms with Crippen molar-refractivity contribution in [3.8, 4) is 11.3 Å². The van der Waals surface area contributed by atoms with Crippen LogP contribution < -0.4 is 5.32 Å². The van der Waals surface area contributed by atoms with Gasteiger partial charge >= 0.3 is 0 Å². The maximum absolute atomic E-state index is 11.1. The summed E-state index contributed by atoms with van der Waals surface area (Å²) in [5, 5.41) is 24.3. The van der Waals surface area contributed by atoms with Gasteiger partial charge in [0.15, 0.2) is 0 Å². The van der Waals surface area contributed by atoms with Gasteiger partial charge in [0.2, 0.25) is 0 Å². The first-order chi connectivity index (χ1) is 12.1. The maximum Gasteiger partial charge on any atom is 0.280 e. The molecule has 1 aromatic carbocycles. The van der Waals surface area contributed by atoms with Gasteiger partial charge in [-0.3, -0.25) is 10.1 Å². The molecule has 1 saturated heterocycles. The van der Waals surface area contributed by atoms with E-state index in [1.54, 1.807) is 30.3 Å². The van der Waals surface area contributed by atoms with Gasteiger partial charge in [-0.2, -0.15) is 0 Å². The first-order valence-corrected chi connectivity index (χ1v) is 8.57. The Morgan fingerprint density at radius 1 is 1.24 bits per heavy atom. The Labute approximate surface area is 146 Å². The maximum atomic E-state index is 11.1. The third kappa shape index (κ3) is 4.66. The van der Waals surface area contributed by atoms with E-state index in [1.807, 2.05) is 0 Å². The zero-order valence-electron chi connectivity index (χ0n) is 14.1. The number of nitro benzene ring substituents is 1. The van der Waals surface area contributed by atoms with E-state index in [0.29, 0.717) is 36.7 Å². The van der Waals surface area contributed by atoms with Crippen LogP contribution in [0.4, 0.5) is 5.69 Å². The number of hydrogen-bond acceptors (Lipinski definition) is 6. The lowest BCUT2D eigenvalue weighted by atomic mass is 10.1. The van der Waals surface area contributed by atoms with Crippen LogP contribution in [-0.2, 0) is 6.54 Å². The smallest absolute Gasteiger partial charge is 0.280 e. The van der Waals surface area contributed by atoms with Crippen LogP contribution in [0.25, 0.3) is 11.3 Å². The lowest BCUT2D eigenvalue weighted by molar-refractivity contribution is -0.384. The Hall–Kier alpha value is -2.22. The summed E-state index contributed by atoms with van der Waals surface area (Å²) in [6.45, 7) is 3.77. The minimum Gasteiger partial charge on any atom is -0.459 e. The molecule has 0 radical (unpaired) electrons. The summed E-state index contributed by atoms with van der Waals surface area (Å²) >= 11 is 0. The van der Waals surface area contributed by atoms with Crippen LogP contribution in [0, 0.1) is 10.1 Å². The predicted octanol–water partition coefficient (Wildman–Crippen LogP) is 2.40. The fourth-order valence-corrected chi connectivity index (χ4v) is 3.15. The Morgan fingerprint density at radius 3 is 2.76 bits per heavy atom. The van der Waals surface area contributed by atoms with Gasteiger partial charge in [-0.15, -0.1) is 0 Å². The van der Waals surface area contributed by atoms with Crippen molar-refractivity contribution in [3.63, 3.8) is 0 Å². The highest BCUT2D eigenvalue weighted by molar-refractivity contribution is 5.69. The average Bonchev–Trinajstić information content (AvgIpc) is 3.27. The molecule has 7 nitrogen and oxygen atoms in total. The molecule has 1 aromatic heterocycles. The van der Waals surface area contributed by atoms with E-state index in [1.165, 1.54) is 18.9 Å². The quantitative estimate of drug-likeness (QED) is 0.564. The second-order valence-electron chi connectivity index (χ2n) is 6.33. The third-order valence-corrected chi connectivity index (χ3v) is 4.37. The molecule has 1 atom stereocenters. The topological polar surface area (TPSA) is 91.8 Å². The molecule has 134 valence electrons. The average molecular weight is 345 g/mol. The number of rotatable bonds is 8. The lowest BCUT2D eigenvalue weighted by Gasteiger charge is -2.19. The van der Waals surface area contributed by atoms with Gasteiger partial charge < -0.3 is 19.7 Å². The Balaban J connectivity index is 1.53. The molecule has 1 unspecified atom stereocenters. The number of hydrogen-bond donors (Lipinski definition) is 2. The van der Waals surface area contributed by atoms with E-state index in [0.717, 1.165) is 13.1 Å². The molecule has 25 heavy (non-hydrogen) atoms. The SMILES string of the molecule is O=[N+]([O-])c1ccccc1-c1ccc(CNCC(O)CN2CCCC2)o1. The molecule has 1 aliphatic rings. The van der Waals surface area contributed by atoms with E-state index in [4.69, 9.17) is 4.42 Å². The molecule has 2 N–H and O–H groups in total. The molecule has 2 heterocycles. The van der Waals surface area contributed by atoms with E-state index in [-0.39, 0.29) is 5.69 Å². The fourth-order valence-electron chi connectivity index (χ4n) is 3.15. The van der Waals surface area contributed by atoms with Crippen molar-refractivity contribution in [3.05, 3.63) is 52.3 Å². The molecule has 7 heteroatoms.